The van der Waals surface area contributed by atoms with Crippen molar-refractivity contribution in [3.8, 4) is 0 Å². The summed E-state index contributed by atoms with van der Waals surface area (Å²) in [5.74, 6) is -2.26. The first-order valence-corrected chi connectivity index (χ1v) is 39.3. The van der Waals surface area contributed by atoms with Crippen LogP contribution in [0.15, 0.2) is 36.5 Å². The number of allylic oxidation sites excluding steroid dienone is 5. The molecule has 11 N–H and O–H groups in total. The van der Waals surface area contributed by atoms with Crippen LogP contribution in [0.5, 0.6) is 0 Å². The summed E-state index contributed by atoms with van der Waals surface area (Å²) in [6, 6.07) is 0. The Kier molecular flexibility index (Phi) is 50.0. The van der Waals surface area contributed by atoms with E-state index >= 15 is 0 Å². The summed E-state index contributed by atoms with van der Waals surface area (Å²) in [7, 11) is -5.72. The number of rotatable bonds is 58. The molecule has 572 valence electrons. The minimum Gasteiger partial charge on any atom is -0.463 e. The maximum absolute atomic E-state index is 14.3. The van der Waals surface area contributed by atoms with Crippen LogP contribution in [0.4, 0.5) is 0 Å². The van der Waals surface area contributed by atoms with E-state index in [1.807, 2.05) is 6.08 Å². The maximum atomic E-state index is 14.3. The van der Waals surface area contributed by atoms with Gasteiger partial charge >= 0.3 is 25.7 Å². The van der Waals surface area contributed by atoms with Gasteiger partial charge in [-0.05, 0) is 51.4 Å². The zero-order valence-electron chi connectivity index (χ0n) is 59.6. The van der Waals surface area contributed by atoms with E-state index in [0.29, 0.717) is 19.3 Å². The molecule has 0 aromatic rings. The van der Waals surface area contributed by atoms with Gasteiger partial charge in [-0.25, -0.2) is 9.36 Å². The Labute approximate surface area is 585 Å². The van der Waals surface area contributed by atoms with Gasteiger partial charge in [0.15, 0.2) is 18.7 Å². The van der Waals surface area contributed by atoms with Gasteiger partial charge in [0.2, 0.25) is 0 Å². The van der Waals surface area contributed by atoms with Crippen molar-refractivity contribution in [1.82, 2.24) is 0 Å². The van der Waals surface area contributed by atoms with Crippen molar-refractivity contribution in [1.29, 1.82) is 0 Å². The lowest BCUT2D eigenvalue weighted by atomic mass is 9.84. The average molecular weight is 1420 g/mol. The molecule has 2 heterocycles. The van der Waals surface area contributed by atoms with Crippen molar-refractivity contribution in [2.75, 3.05) is 26.4 Å². The van der Waals surface area contributed by atoms with E-state index in [1.165, 1.54) is 147 Å². The zero-order chi connectivity index (χ0) is 71.8. The molecular weight excluding hydrogens is 1290 g/mol. The highest BCUT2D eigenvalue weighted by atomic mass is 31.2. The molecule has 1 saturated carbocycles. The molecule has 25 heteroatoms. The molecule has 2 saturated heterocycles. The first kappa shape index (κ1) is 89.4. The van der Waals surface area contributed by atoms with Gasteiger partial charge in [0.25, 0.3) is 0 Å². The summed E-state index contributed by atoms with van der Waals surface area (Å²) >= 11 is 0. The van der Waals surface area contributed by atoms with E-state index in [2.05, 4.69) is 32.9 Å². The fraction of sp³-hybridized carbons (Fsp3) is 0.877. The van der Waals surface area contributed by atoms with Gasteiger partial charge in [0.05, 0.1) is 13.2 Å². The molecule has 0 spiro atoms. The quantitative estimate of drug-likeness (QED) is 0.00513. The van der Waals surface area contributed by atoms with Crippen LogP contribution in [0.25, 0.3) is 0 Å². The van der Waals surface area contributed by atoms with Gasteiger partial charge in [0.1, 0.15) is 98.7 Å². The van der Waals surface area contributed by atoms with Gasteiger partial charge in [-0.3, -0.25) is 18.6 Å². The maximum Gasteiger partial charge on any atom is 0.472 e. The summed E-state index contributed by atoms with van der Waals surface area (Å²) in [4.78, 5) is 50.8. The zero-order valence-corrected chi connectivity index (χ0v) is 60.5. The molecule has 3 rings (SSSR count). The third-order valence-corrected chi connectivity index (χ3v) is 19.5. The van der Waals surface area contributed by atoms with Gasteiger partial charge in [0, 0.05) is 18.9 Å². The van der Waals surface area contributed by atoms with Crippen LogP contribution in [-0.2, 0) is 61.2 Å². The van der Waals surface area contributed by atoms with Crippen molar-refractivity contribution in [3.05, 3.63) is 36.5 Å². The molecule has 1 aliphatic carbocycles. The number of ether oxygens (including phenoxy) is 7. The number of phosphoric acid groups is 1. The van der Waals surface area contributed by atoms with Gasteiger partial charge in [-0.1, -0.05) is 244 Å². The predicted octanol–water partition coefficient (Wildman–Crippen LogP) is 10.3. The van der Waals surface area contributed by atoms with E-state index in [4.69, 9.17) is 42.2 Å². The molecule has 0 bridgehead atoms. The lowest BCUT2D eigenvalue weighted by molar-refractivity contribution is -0.360. The molecule has 2 aliphatic heterocycles. The summed E-state index contributed by atoms with van der Waals surface area (Å²) in [5.41, 5.74) is 0. The summed E-state index contributed by atoms with van der Waals surface area (Å²) in [5, 5.41) is 110. The van der Waals surface area contributed by atoms with Gasteiger partial charge < -0.3 is 89.1 Å². The van der Waals surface area contributed by atoms with Crippen LogP contribution in [-0.4, -0.2) is 204 Å². The van der Waals surface area contributed by atoms with Crippen molar-refractivity contribution in [2.45, 2.75) is 382 Å². The molecule has 0 aromatic heterocycles. The Hall–Kier alpha value is -2.82. The molecule has 3 fully saturated rings. The molecule has 0 radical (unpaired) electrons. The van der Waals surface area contributed by atoms with Crippen molar-refractivity contribution in [3.63, 3.8) is 0 Å². The van der Waals surface area contributed by atoms with E-state index < -0.39 is 156 Å². The summed E-state index contributed by atoms with van der Waals surface area (Å²) in [6.07, 6.45) is 17.1. The van der Waals surface area contributed by atoms with Crippen molar-refractivity contribution < 1.29 is 117 Å². The van der Waals surface area contributed by atoms with Crippen LogP contribution < -0.4 is 0 Å². The molecular formula is C73H131O24P. The molecule has 98 heavy (non-hydrogen) atoms. The Balaban J connectivity index is 1.76. The highest BCUT2D eigenvalue weighted by Crippen LogP contribution is 2.49. The number of carbonyl (C=O) groups is 3. The number of hydrogen-bond donors (Lipinski definition) is 11. The van der Waals surface area contributed by atoms with Crippen molar-refractivity contribution in [2.24, 2.45) is 0 Å². The Bertz CT molecular complexity index is 2170. The van der Waals surface area contributed by atoms with E-state index in [-0.39, 0.29) is 12.8 Å². The Morgan fingerprint density at radius 2 is 0.796 bits per heavy atom. The highest BCUT2D eigenvalue weighted by Gasteiger charge is 2.58. The van der Waals surface area contributed by atoms with Gasteiger partial charge in [-0.15, -0.1) is 0 Å². The third kappa shape index (κ3) is 37.6. The first-order valence-electron chi connectivity index (χ1n) is 37.8. The average Bonchev–Trinajstić information content (AvgIpc) is 0.762. The predicted molar refractivity (Wildman–Crippen MR) is 370 cm³/mol. The number of esters is 3. The lowest BCUT2D eigenvalue weighted by Crippen LogP contribution is -2.69. The lowest BCUT2D eigenvalue weighted by Gasteiger charge is -2.49. The van der Waals surface area contributed by atoms with E-state index in [0.717, 1.165) is 89.5 Å². The minimum atomic E-state index is -5.72. The van der Waals surface area contributed by atoms with Crippen LogP contribution >= 0.6 is 7.82 Å². The summed E-state index contributed by atoms with van der Waals surface area (Å²) in [6.45, 7) is 3.31. The van der Waals surface area contributed by atoms with Gasteiger partial charge in [-0.2, -0.15) is 0 Å². The number of phosphoric ester groups is 1. The van der Waals surface area contributed by atoms with Crippen LogP contribution in [0.2, 0.25) is 0 Å². The van der Waals surface area contributed by atoms with Crippen LogP contribution in [0, 0.1) is 0 Å². The monoisotopic (exact) mass is 1420 g/mol. The standard InChI is InChI=1S/C73H131O24P/c1-4-7-10-13-16-19-22-25-28-31-33-35-38-41-44-47-57(75)89-51-54(92-59(77)49-46-43-40-37-34-30-27-24-21-18-15-12-9-6-3)52-91-98(87,88)97-71-69(95-72-67(85)62(80)60(78)55(50-74)93-72)65(83)64(82)66(84)70(71)96-73-68(86)63(81)61(79)56(94-73)53-90-58(76)48-45-42-39-36-32-29-26-23-20-17-14-11-8-5-2/h30,34,38,41,44,47,54-56,60-74,78-86H,4-29,31-33,35-37,39-40,42-43,45-46,48-53H2,1-3H3,(H,87,88)/b34-30-,41-38+,47-44+. The Morgan fingerprint density at radius 1 is 0.418 bits per heavy atom. The van der Waals surface area contributed by atoms with Crippen LogP contribution in [0.3, 0.4) is 0 Å². The second-order valence-corrected chi connectivity index (χ2v) is 28.5. The largest absolute Gasteiger partial charge is 0.472 e. The normalized spacial score (nSPS) is 27.8. The van der Waals surface area contributed by atoms with Crippen molar-refractivity contribution >= 4 is 25.7 Å². The number of unbranched alkanes of at least 4 members (excludes halogenated alkanes) is 34. The van der Waals surface area contributed by atoms with E-state index in [9.17, 15) is 74.9 Å². The second kappa shape index (κ2) is 54.8. The number of carbonyl (C=O) groups excluding carboxylic acids is 3. The Morgan fingerprint density at radius 3 is 1.24 bits per heavy atom. The second-order valence-electron chi connectivity index (χ2n) is 27.1. The fourth-order valence-electron chi connectivity index (χ4n) is 12.3. The van der Waals surface area contributed by atoms with E-state index in [1.54, 1.807) is 6.08 Å². The SMILES string of the molecule is CCCCCCCCC/C=C\CCCCCC(=O)OC(COC(=O)/C=C/C=C/CCCCCCCCCCCCC)COP(=O)(O)OC1C(OC2OC(CO)C(O)C(O)C2O)C(O)C(O)C(O)C1OC1OC(COC(=O)CCCCCCCCCCCCCCCC)C(O)C(O)C1O. The number of hydrogen-bond acceptors (Lipinski definition) is 23. The fourth-order valence-corrected chi connectivity index (χ4v) is 13.3. The topological polar surface area (TPSA) is 374 Å². The molecule has 0 aromatic carbocycles. The number of aliphatic hydroxyl groups excluding tert-OH is 10. The van der Waals surface area contributed by atoms with Crippen LogP contribution in [0.1, 0.15) is 278 Å². The molecule has 3 aliphatic rings. The molecule has 0 amide bonds. The molecule has 24 nitrogen and oxygen atoms in total. The minimum absolute atomic E-state index is 0.0271. The summed E-state index contributed by atoms with van der Waals surface area (Å²) < 4.78 is 64.8. The third-order valence-electron chi connectivity index (χ3n) is 18.5. The smallest absolute Gasteiger partial charge is 0.463 e. The first-order chi connectivity index (χ1) is 47.3. The highest BCUT2D eigenvalue weighted by molar-refractivity contribution is 7.47. The molecule has 18 unspecified atom stereocenters. The number of aliphatic hydroxyl groups is 10. The molecule has 18 atom stereocenters.